The van der Waals surface area contributed by atoms with Gasteiger partial charge in [-0.05, 0) is 57.2 Å². The fourth-order valence-corrected chi connectivity index (χ4v) is 7.01. The van der Waals surface area contributed by atoms with Crippen LogP contribution in [-0.4, -0.2) is 67.8 Å². The smallest absolute Gasteiger partial charge is 0.222 e. The van der Waals surface area contributed by atoms with E-state index in [1.54, 1.807) is 11.8 Å². The topological polar surface area (TPSA) is 71.3 Å². The number of rotatable bonds is 10. The summed E-state index contributed by atoms with van der Waals surface area (Å²) in [6.45, 7) is 8.15. The molecule has 1 saturated heterocycles. The van der Waals surface area contributed by atoms with Gasteiger partial charge in [-0.25, -0.2) is 0 Å². The summed E-state index contributed by atoms with van der Waals surface area (Å²) in [6.07, 6.45) is 8.12. The molecule has 1 saturated carbocycles. The zero-order valence-electron chi connectivity index (χ0n) is 24.7. The number of aryl methyl sites for hydroxylation is 2. The van der Waals surface area contributed by atoms with E-state index in [0.29, 0.717) is 32.5 Å². The molecule has 1 aliphatic carbocycles. The van der Waals surface area contributed by atoms with Crippen molar-refractivity contribution in [1.29, 1.82) is 0 Å². The molecule has 1 aliphatic heterocycles. The van der Waals surface area contributed by atoms with E-state index in [-0.39, 0.29) is 17.9 Å². The summed E-state index contributed by atoms with van der Waals surface area (Å²) in [5.41, 5.74) is 4.44. The van der Waals surface area contributed by atoms with E-state index in [1.165, 1.54) is 36.8 Å². The lowest BCUT2D eigenvalue weighted by molar-refractivity contribution is -0.142. The summed E-state index contributed by atoms with van der Waals surface area (Å²) < 4.78 is 2.12. The minimum atomic E-state index is 0.0752. The van der Waals surface area contributed by atoms with Gasteiger partial charge < -0.3 is 9.80 Å². The predicted molar refractivity (Wildman–Crippen MR) is 165 cm³/mol. The maximum absolute atomic E-state index is 13.1. The molecule has 7 nitrogen and oxygen atoms in total. The van der Waals surface area contributed by atoms with Gasteiger partial charge in [0.25, 0.3) is 0 Å². The monoisotopic (exact) mass is 573 g/mol. The van der Waals surface area contributed by atoms with Crippen molar-refractivity contribution in [3.8, 4) is 17.1 Å². The van der Waals surface area contributed by atoms with Crippen LogP contribution in [0.5, 0.6) is 0 Å². The molecule has 0 spiro atoms. The van der Waals surface area contributed by atoms with E-state index in [0.717, 1.165) is 46.7 Å². The van der Waals surface area contributed by atoms with Crippen molar-refractivity contribution in [2.24, 2.45) is 5.92 Å². The summed E-state index contributed by atoms with van der Waals surface area (Å²) in [5.74, 6) is 2.76. The summed E-state index contributed by atoms with van der Waals surface area (Å²) in [5, 5.41) is 9.94. The van der Waals surface area contributed by atoms with Crippen LogP contribution in [0.1, 0.15) is 69.4 Å². The van der Waals surface area contributed by atoms with Gasteiger partial charge in [0.2, 0.25) is 11.8 Å². The lowest BCUT2D eigenvalue weighted by Gasteiger charge is -2.40. The highest BCUT2D eigenvalue weighted by Crippen LogP contribution is 2.30. The molecule has 0 N–H and O–H groups in total. The van der Waals surface area contributed by atoms with Crippen LogP contribution in [0.25, 0.3) is 17.1 Å². The van der Waals surface area contributed by atoms with Crippen LogP contribution in [0.15, 0.2) is 53.7 Å². The Morgan fingerprint density at radius 2 is 1.71 bits per heavy atom. The van der Waals surface area contributed by atoms with Gasteiger partial charge in [0.15, 0.2) is 11.0 Å². The van der Waals surface area contributed by atoms with Crippen LogP contribution in [0.2, 0.25) is 0 Å². The van der Waals surface area contributed by atoms with E-state index >= 15 is 0 Å². The zero-order valence-corrected chi connectivity index (χ0v) is 25.5. The minimum Gasteiger partial charge on any atom is -0.339 e. The largest absolute Gasteiger partial charge is 0.339 e. The molecular weight excluding hydrogens is 530 g/mol. The molecule has 1 unspecified atom stereocenters. The number of benzene rings is 2. The Morgan fingerprint density at radius 1 is 0.927 bits per heavy atom. The Kier molecular flexibility index (Phi) is 9.80. The third kappa shape index (κ3) is 7.39. The number of hydrogen-bond donors (Lipinski definition) is 0. The van der Waals surface area contributed by atoms with Crippen LogP contribution in [0.4, 0.5) is 0 Å². The quantitative estimate of drug-likeness (QED) is 0.206. The minimum absolute atomic E-state index is 0.0752. The summed E-state index contributed by atoms with van der Waals surface area (Å²) in [4.78, 5) is 29.8. The van der Waals surface area contributed by atoms with E-state index in [2.05, 4.69) is 84.1 Å². The van der Waals surface area contributed by atoms with Crippen molar-refractivity contribution < 1.29 is 9.59 Å². The fourth-order valence-electron chi connectivity index (χ4n) is 6.12. The molecule has 2 aliphatic rings. The van der Waals surface area contributed by atoms with Crippen molar-refractivity contribution in [2.75, 3.05) is 25.4 Å². The van der Waals surface area contributed by atoms with E-state index in [9.17, 15) is 9.59 Å². The van der Waals surface area contributed by atoms with Crippen molar-refractivity contribution in [3.63, 3.8) is 0 Å². The number of carbonyl (C=O) groups excluding carboxylic acids is 2. The molecule has 0 radical (unpaired) electrons. The Bertz CT molecular complexity index is 1330. The van der Waals surface area contributed by atoms with Crippen molar-refractivity contribution in [3.05, 3.63) is 59.7 Å². The zero-order chi connectivity index (χ0) is 28.8. The van der Waals surface area contributed by atoms with Crippen LogP contribution in [0, 0.1) is 19.8 Å². The number of nitrogens with zero attached hydrogens (tertiary/aromatic N) is 5. The van der Waals surface area contributed by atoms with Gasteiger partial charge in [-0.1, -0.05) is 79.4 Å². The summed E-state index contributed by atoms with van der Waals surface area (Å²) >= 11 is 1.64. The highest BCUT2D eigenvalue weighted by atomic mass is 32.2. The molecule has 1 atom stereocenters. The van der Waals surface area contributed by atoms with Gasteiger partial charge in [0.1, 0.15) is 0 Å². The molecule has 5 rings (SSSR count). The lowest BCUT2D eigenvalue weighted by atomic mass is 10.0. The first-order valence-electron chi connectivity index (χ1n) is 15.2. The summed E-state index contributed by atoms with van der Waals surface area (Å²) in [6, 6.07) is 16.8. The van der Waals surface area contributed by atoms with Crippen LogP contribution >= 0.6 is 11.8 Å². The number of thioether (sulfide) groups is 1. The maximum atomic E-state index is 13.1. The number of carbonyl (C=O) groups is 2. The Balaban J connectivity index is 1.14. The highest BCUT2D eigenvalue weighted by Gasteiger charge is 2.30. The predicted octanol–water partition coefficient (Wildman–Crippen LogP) is 6.45. The third-order valence-corrected chi connectivity index (χ3v) is 9.53. The van der Waals surface area contributed by atoms with Gasteiger partial charge in [-0.2, -0.15) is 0 Å². The molecule has 1 aromatic heterocycles. The Morgan fingerprint density at radius 3 is 2.44 bits per heavy atom. The molecule has 0 bridgehead atoms. The van der Waals surface area contributed by atoms with Crippen LogP contribution < -0.4 is 0 Å². The number of hydrogen-bond acceptors (Lipinski definition) is 5. The second-order valence-corrected chi connectivity index (χ2v) is 12.8. The van der Waals surface area contributed by atoms with E-state index in [1.807, 2.05) is 9.80 Å². The third-order valence-electron chi connectivity index (χ3n) is 8.51. The van der Waals surface area contributed by atoms with Crippen molar-refractivity contribution in [2.45, 2.75) is 83.3 Å². The maximum Gasteiger partial charge on any atom is 0.222 e. The van der Waals surface area contributed by atoms with Gasteiger partial charge in [0.05, 0.1) is 0 Å². The molecule has 2 aromatic carbocycles. The standard InChI is InChI=1S/C33H43N5O2S/c1-24-13-16-28(17-14-24)32-34-35-33(38(32)29-11-6-8-25(2)22-29)41-21-7-12-30(39)36-19-20-37(26(3)23-36)31(40)18-15-27-9-4-5-10-27/h6,8,11,13-14,16-17,22,26-27H,4-5,7,9-10,12,15,18-21,23H2,1-3H3. The van der Waals surface area contributed by atoms with Gasteiger partial charge in [0, 0.05) is 55.5 Å². The second kappa shape index (κ2) is 13.7. The van der Waals surface area contributed by atoms with Crippen LogP contribution in [0.3, 0.4) is 0 Å². The normalized spacial score (nSPS) is 17.8. The summed E-state index contributed by atoms with van der Waals surface area (Å²) in [7, 11) is 0. The average Bonchev–Trinajstić information content (AvgIpc) is 3.65. The first-order valence-corrected chi connectivity index (χ1v) is 16.2. The molecule has 8 heteroatoms. The van der Waals surface area contributed by atoms with E-state index in [4.69, 9.17) is 0 Å². The molecular formula is C33H43N5O2S. The number of piperazine rings is 1. The molecule has 3 aromatic rings. The Labute approximate surface area is 248 Å². The highest BCUT2D eigenvalue weighted by molar-refractivity contribution is 7.99. The van der Waals surface area contributed by atoms with Gasteiger partial charge in [-0.3, -0.25) is 14.2 Å². The number of aromatic nitrogens is 3. The van der Waals surface area contributed by atoms with E-state index < -0.39 is 0 Å². The van der Waals surface area contributed by atoms with Crippen molar-refractivity contribution in [1.82, 2.24) is 24.6 Å². The van der Waals surface area contributed by atoms with Gasteiger partial charge in [-0.15, -0.1) is 10.2 Å². The van der Waals surface area contributed by atoms with Crippen LogP contribution in [-0.2, 0) is 9.59 Å². The molecule has 41 heavy (non-hydrogen) atoms. The molecule has 2 heterocycles. The average molecular weight is 574 g/mol. The molecule has 218 valence electrons. The number of amides is 2. The van der Waals surface area contributed by atoms with Crippen molar-refractivity contribution >= 4 is 23.6 Å². The first-order chi connectivity index (χ1) is 19.9. The second-order valence-electron chi connectivity index (χ2n) is 11.8. The lowest BCUT2D eigenvalue weighted by Crippen LogP contribution is -2.55. The van der Waals surface area contributed by atoms with Gasteiger partial charge >= 0.3 is 0 Å². The first kappa shape index (κ1) is 29.4. The Hall–Kier alpha value is -3.13. The molecule has 2 amide bonds. The molecule has 2 fully saturated rings. The SMILES string of the molecule is Cc1ccc(-c2nnc(SCCCC(=O)N3CCN(C(=O)CCC4CCCC4)C(C)C3)n2-c2cccc(C)c2)cc1. The fraction of sp³-hybridized carbons (Fsp3) is 0.515.